The second-order valence-electron chi connectivity index (χ2n) is 7.24. The lowest BCUT2D eigenvalue weighted by molar-refractivity contribution is -0.129. The van der Waals surface area contributed by atoms with Gasteiger partial charge in [0, 0.05) is 12.4 Å². The SMILES string of the molecule is CCOc1ccccc1-c1nc(CC(=O)N(C)CCOc2cc(C)cc(C)c2)cs1. The van der Waals surface area contributed by atoms with Gasteiger partial charge in [0.05, 0.1) is 30.8 Å². The van der Waals surface area contributed by atoms with Crippen LogP contribution < -0.4 is 9.47 Å². The quantitative estimate of drug-likeness (QED) is 0.490. The molecule has 0 fully saturated rings. The molecule has 6 heteroatoms. The summed E-state index contributed by atoms with van der Waals surface area (Å²) in [6.07, 6.45) is 0.271. The smallest absolute Gasteiger partial charge is 0.228 e. The molecule has 0 unspecified atom stereocenters. The summed E-state index contributed by atoms with van der Waals surface area (Å²) in [5, 5.41) is 2.80. The first-order chi connectivity index (χ1) is 14.5. The number of hydrogen-bond donors (Lipinski definition) is 0. The van der Waals surface area contributed by atoms with Crippen molar-refractivity contribution in [2.24, 2.45) is 0 Å². The Labute approximate surface area is 182 Å². The Bertz CT molecular complexity index is 979. The standard InChI is InChI=1S/C24H28N2O3S/c1-5-28-22-9-7-6-8-21(22)24-25-19(16-30-24)15-23(27)26(4)10-11-29-20-13-17(2)12-18(3)14-20/h6-9,12-14,16H,5,10-11,15H2,1-4H3. The first-order valence-electron chi connectivity index (χ1n) is 10.1. The summed E-state index contributed by atoms with van der Waals surface area (Å²) in [5.41, 5.74) is 4.06. The zero-order valence-electron chi connectivity index (χ0n) is 18.0. The van der Waals surface area contributed by atoms with Gasteiger partial charge in [-0.3, -0.25) is 4.79 Å². The van der Waals surface area contributed by atoms with Crippen molar-refractivity contribution in [1.29, 1.82) is 0 Å². The fraction of sp³-hybridized carbons (Fsp3) is 0.333. The minimum absolute atomic E-state index is 0.0222. The molecule has 0 bridgehead atoms. The number of amides is 1. The molecule has 0 spiro atoms. The van der Waals surface area contributed by atoms with Crippen LogP contribution >= 0.6 is 11.3 Å². The predicted molar refractivity (Wildman–Crippen MR) is 121 cm³/mol. The summed E-state index contributed by atoms with van der Waals surface area (Å²) in [5.74, 6) is 1.67. The van der Waals surface area contributed by atoms with Crippen LogP contribution in [-0.4, -0.2) is 42.6 Å². The first kappa shape index (κ1) is 21.8. The molecule has 3 rings (SSSR count). The van der Waals surface area contributed by atoms with Crippen LogP contribution in [0.4, 0.5) is 0 Å². The second kappa shape index (κ2) is 10.3. The number of carbonyl (C=O) groups excluding carboxylic acids is 1. The van der Waals surface area contributed by atoms with Gasteiger partial charge in [0.15, 0.2) is 0 Å². The summed E-state index contributed by atoms with van der Waals surface area (Å²) in [6, 6.07) is 14.0. The van der Waals surface area contributed by atoms with Gasteiger partial charge in [0.25, 0.3) is 0 Å². The number of nitrogens with zero attached hydrogens (tertiary/aromatic N) is 2. The van der Waals surface area contributed by atoms with E-state index in [1.165, 1.54) is 22.5 Å². The van der Waals surface area contributed by atoms with Crippen LogP contribution in [0.2, 0.25) is 0 Å². The average molecular weight is 425 g/mol. The van der Waals surface area contributed by atoms with Crippen molar-refractivity contribution in [2.75, 3.05) is 26.8 Å². The molecular weight excluding hydrogens is 396 g/mol. The molecule has 0 aliphatic carbocycles. The van der Waals surface area contributed by atoms with Crippen LogP contribution in [0.15, 0.2) is 47.8 Å². The van der Waals surface area contributed by atoms with E-state index in [4.69, 9.17) is 9.47 Å². The number of para-hydroxylation sites is 1. The van der Waals surface area contributed by atoms with E-state index in [0.717, 1.165) is 27.8 Å². The van der Waals surface area contributed by atoms with Crippen LogP contribution in [0.1, 0.15) is 23.7 Å². The number of aryl methyl sites for hydroxylation is 2. The number of likely N-dealkylation sites (N-methyl/N-ethyl adjacent to an activating group) is 1. The molecule has 0 aliphatic heterocycles. The molecule has 1 heterocycles. The maximum atomic E-state index is 12.6. The fourth-order valence-electron chi connectivity index (χ4n) is 3.17. The van der Waals surface area contributed by atoms with Gasteiger partial charge in [-0.25, -0.2) is 4.98 Å². The van der Waals surface area contributed by atoms with Gasteiger partial charge in [-0.05, 0) is 56.2 Å². The number of thiazole rings is 1. The maximum absolute atomic E-state index is 12.6. The third-order valence-corrected chi connectivity index (χ3v) is 5.54. The van der Waals surface area contributed by atoms with E-state index in [0.29, 0.717) is 19.8 Å². The summed E-state index contributed by atoms with van der Waals surface area (Å²) >= 11 is 1.53. The molecule has 5 nitrogen and oxygen atoms in total. The highest BCUT2D eigenvalue weighted by atomic mass is 32.1. The molecule has 3 aromatic rings. The lowest BCUT2D eigenvalue weighted by atomic mass is 10.1. The van der Waals surface area contributed by atoms with Gasteiger partial charge in [0.1, 0.15) is 23.1 Å². The monoisotopic (exact) mass is 424 g/mol. The second-order valence-corrected chi connectivity index (χ2v) is 8.10. The van der Waals surface area contributed by atoms with Crippen LogP contribution in [0.3, 0.4) is 0 Å². The number of ether oxygens (including phenoxy) is 2. The molecule has 1 amide bonds. The van der Waals surface area contributed by atoms with Gasteiger partial charge >= 0.3 is 0 Å². The Morgan fingerprint density at radius 2 is 1.83 bits per heavy atom. The van der Waals surface area contributed by atoms with Crippen molar-refractivity contribution < 1.29 is 14.3 Å². The Balaban J connectivity index is 1.54. The van der Waals surface area contributed by atoms with Crippen LogP contribution in [0.5, 0.6) is 11.5 Å². The Morgan fingerprint density at radius 3 is 2.57 bits per heavy atom. The number of carbonyl (C=O) groups is 1. The third kappa shape index (κ3) is 5.83. The van der Waals surface area contributed by atoms with Gasteiger partial charge in [-0.15, -0.1) is 11.3 Å². The molecule has 0 atom stereocenters. The summed E-state index contributed by atoms with van der Waals surface area (Å²) in [4.78, 5) is 18.9. The minimum atomic E-state index is 0.0222. The van der Waals surface area contributed by atoms with E-state index in [1.807, 2.05) is 62.5 Å². The highest BCUT2D eigenvalue weighted by Gasteiger charge is 2.15. The van der Waals surface area contributed by atoms with E-state index in [1.54, 1.807) is 11.9 Å². The van der Waals surface area contributed by atoms with Crippen molar-refractivity contribution in [3.8, 4) is 22.1 Å². The van der Waals surface area contributed by atoms with E-state index in [-0.39, 0.29) is 12.3 Å². The number of rotatable bonds is 9. The van der Waals surface area contributed by atoms with Crippen LogP contribution in [0, 0.1) is 13.8 Å². The van der Waals surface area contributed by atoms with E-state index in [9.17, 15) is 4.79 Å². The Morgan fingerprint density at radius 1 is 1.10 bits per heavy atom. The predicted octanol–water partition coefficient (Wildman–Crippen LogP) is 4.91. The molecule has 0 saturated heterocycles. The van der Waals surface area contributed by atoms with E-state index < -0.39 is 0 Å². The first-order valence-corrected chi connectivity index (χ1v) is 11.0. The number of hydrogen-bond acceptors (Lipinski definition) is 5. The normalized spacial score (nSPS) is 10.7. The van der Waals surface area contributed by atoms with Crippen molar-refractivity contribution in [2.45, 2.75) is 27.2 Å². The van der Waals surface area contributed by atoms with Gasteiger partial charge in [-0.2, -0.15) is 0 Å². The zero-order valence-corrected chi connectivity index (χ0v) is 18.8. The number of aromatic nitrogens is 1. The Hall–Kier alpha value is -2.86. The third-order valence-electron chi connectivity index (χ3n) is 4.62. The van der Waals surface area contributed by atoms with Crippen LogP contribution in [-0.2, 0) is 11.2 Å². The Kier molecular flexibility index (Phi) is 7.46. The van der Waals surface area contributed by atoms with Gasteiger partial charge < -0.3 is 14.4 Å². The largest absolute Gasteiger partial charge is 0.493 e. The number of benzene rings is 2. The summed E-state index contributed by atoms with van der Waals surface area (Å²) in [7, 11) is 1.80. The molecule has 1 aromatic heterocycles. The van der Waals surface area contributed by atoms with Crippen molar-refractivity contribution in [3.63, 3.8) is 0 Å². The topological polar surface area (TPSA) is 51.7 Å². The lowest BCUT2D eigenvalue weighted by Gasteiger charge is -2.17. The minimum Gasteiger partial charge on any atom is -0.493 e. The zero-order chi connectivity index (χ0) is 21.5. The van der Waals surface area contributed by atoms with Gasteiger partial charge in [-0.1, -0.05) is 18.2 Å². The highest BCUT2D eigenvalue weighted by molar-refractivity contribution is 7.13. The molecule has 158 valence electrons. The van der Waals surface area contributed by atoms with E-state index >= 15 is 0 Å². The van der Waals surface area contributed by atoms with Crippen molar-refractivity contribution >= 4 is 17.2 Å². The molecule has 2 aromatic carbocycles. The van der Waals surface area contributed by atoms with Gasteiger partial charge in [0.2, 0.25) is 5.91 Å². The maximum Gasteiger partial charge on any atom is 0.228 e. The van der Waals surface area contributed by atoms with Crippen LogP contribution in [0.25, 0.3) is 10.6 Å². The molecule has 0 N–H and O–H groups in total. The summed E-state index contributed by atoms with van der Waals surface area (Å²) < 4.78 is 11.5. The van der Waals surface area contributed by atoms with Crippen molar-refractivity contribution in [1.82, 2.24) is 9.88 Å². The van der Waals surface area contributed by atoms with Crippen molar-refractivity contribution in [3.05, 3.63) is 64.7 Å². The average Bonchev–Trinajstić information content (AvgIpc) is 3.16. The lowest BCUT2D eigenvalue weighted by Crippen LogP contribution is -2.32. The molecule has 30 heavy (non-hydrogen) atoms. The fourth-order valence-corrected chi connectivity index (χ4v) is 4.02. The summed E-state index contributed by atoms with van der Waals surface area (Å²) in [6.45, 7) is 7.63. The molecular formula is C24H28N2O3S. The highest BCUT2D eigenvalue weighted by Crippen LogP contribution is 2.32. The molecule has 0 aliphatic rings. The molecule has 0 radical (unpaired) electrons. The van der Waals surface area contributed by atoms with E-state index in [2.05, 4.69) is 11.1 Å². The molecule has 0 saturated carbocycles.